The molecular formula is C20H18N4O2S. The van der Waals surface area contributed by atoms with Crippen molar-refractivity contribution >= 4 is 34.3 Å². The SMILES string of the molecule is Cc1ccc2nc(SCC(=O)Nc3ccc(CC#N)cc3)n(C)c(=O)c2c1. The van der Waals surface area contributed by atoms with Gasteiger partial charge in [-0.05, 0) is 36.8 Å². The summed E-state index contributed by atoms with van der Waals surface area (Å²) in [7, 11) is 1.66. The number of thioether (sulfide) groups is 1. The summed E-state index contributed by atoms with van der Waals surface area (Å²) in [5, 5.41) is 12.6. The van der Waals surface area contributed by atoms with Crippen LogP contribution in [0, 0.1) is 18.3 Å². The van der Waals surface area contributed by atoms with Gasteiger partial charge in [0.05, 0.1) is 29.1 Å². The second-order valence-corrected chi connectivity index (χ2v) is 7.09. The maximum atomic E-state index is 12.5. The Morgan fingerprint density at radius 1 is 1.26 bits per heavy atom. The van der Waals surface area contributed by atoms with Gasteiger partial charge in [-0.3, -0.25) is 14.2 Å². The van der Waals surface area contributed by atoms with Crippen molar-refractivity contribution in [2.24, 2.45) is 7.05 Å². The van der Waals surface area contributed by atoms with Crippen molar-refractivity contribution in [1.29, 1.82) is 5.26 Å². The Labute approximate surface area is 160 Å². The molecule has 1 aromatic heterocycles. The van der Waals surface area contributed by atoms with E-state index in [1.54, 1.807) is 19.2 Å². The molecule has 6 nitrogen and oxygen atoms in total. The molecule has 2 aromatic carbocycles. The number of benzene rings is 2. The smallest absolute Gasteiger partial charge is 0.261 e. The zero-order chi connectivity index (χ0) is 19.4. The second-order valence-electron chi connectivity index (χ2n) is 6.15. The van der Waals surface area contributed by atoms with Crippen molar-refractivity contribution in [2.75, 3.05) is 11.1 Å². The van der Waals surface area contributed by atoms with E-state index in [2.05, 4.69) is 16.4 Å². The molecule has 0 aliphatic carbocycles. The van der Waals surface area contributed by atoms with Crippen LogP contribution >= 0.6 is 11.8 Å². The number of nitrogens with one attached hydrogen (secondary N) is 1. The highest BCUT2D eigenvalue weighted by Crippen LogP contribution is 2.18. The van der Waals surface area contributed by atoms with Gasteiger partial charge in [0.25, 0.3) is 5.56 Å². The first-order valence-corrected chi connectivity index (χ1v) is 9.32. The largest absolute Gasteiger partial charge is 0.325 e. The Balaban J connectivity index is 1.70. The number of hydrogen-bond donors (Lipinski definition) is 1. The van der Waals surface area contributed by atoms with E-state index < -0.39 is 0 Å². The number of nitriles is 1. The fraction of sp³-hybridized carbons (Fsp3) is 0.200. The Morgan fingerprint density at radius 3 is 2.70 bits per heavy atom. The lowest BCUT2D eigenvalue weighted by molar-refractivity contribution is -0.113. The number of carbonyl (C=O) groups is 1. The number of fused-ring (bicyclic) bond motifs is 1. The molecule has 0 saturated carbocycles. The average molecular weight is 378 g/mol. The normalized spacial score (nSPS) is 10.6. The van der Waals surface area contributed by atoms with Crippen LogP contribution in [0.2, 0.25) is 0 Å². The number of amides is 1. The van der Waals surface area contributed by atoms with Crippen LogP contribution < -0.4 is 10.9 Å². The van der Waals surface area contributed by atoms with Crippen molar-refractivity contribution in [3.63, 3.8) is 0 Å². The van der Waals surface area contributed by atoms with E-state index in [0.29, 0.717) is 28.2 Å². The lowest BCUT2D eigenvalue weighted by Gasteiger charge is -2.09. The standard InChI is InChI=1S/C20H18N4O2S/c1-13-3-8-17-16(11-13)19(26)24(2)20(23-17)27-12-18(25)22-15-6-4-14(5-7-15)9-10-21/h3-8,11H,9,12H2,1-2H3,(H,22,25). The predicted molar refractivity (Wildman–Crippen MR) is 107 cm³/mol. The number of carbonyl (C=O) groups excluding carboxylic acids is 1. The first-order chi connectivity index (χ1) is 13.0. The molecule has 0 radical (unpaired) electrons. The minimum Gasteiger partial charge on any atom is -0.325 e. The number of aryl methyl sites for hydroxylation is 1. The van der Waals surface area contributed by atoms with E-state index in [1.165, 1.54) is 16.3 Å². The van der Waals surface area contributed by atoms with Gasteiger partial charge in [-0.1, -0.05) is 35.5 Å². The van der Waals surface area contributed by atoms with Gasteiger partial charge in [-0.2, -0.15) is 5.26 Å². The van der Waals surface area contributed by atoms with Crippen LogP contribution in [0.25, 0.3) is 10.9 Å². The maximum Gasteiger partial charge on any atom is 0.261 e. The predicted octanol–water partition coefficient (Wildman–Crippen LogP) is 3.04. The highest BCUT2D eigenvalue weighted by Gasteiger charge is 2.11. The Morgan fingerprint density at radius 2 is 2.00 bits per heavy atom. The third-order valence-electron chi connectivity index (χ3n) is 4.04. The van der Waals surface area contributed by atoms with Crippen molar-refractivity contribution in [2.45, 2.75) is 18.5 Å². The molecule has 136 valence electrons. The van der Waals surface area contributed by atoms with Crippen LogP contribution in [0.3, 0.4) is 0 Å². The molecule has 0 unspecified atom stereocenters. The minimum absolute atomic E-state index is 0.125. The van der Waals surface area contributed by atoms with Gasteiger partial charge in [-0.15, -0.1) is 0 Å². The summed E-state index contributed by atoms with van der Waals surface area (Å²) in [5.74, 6) is -0.0521. The fourth-order valence-electron chi connectivity index (χ4n) is 2.62. The van der Waals surface area contributed by atoms with Gasteiger partial charge in [0.2, 0.25) is 5.91 Å². The van der Waals surface area contributed by atoms with Crippen LogP contribution in [0.5, 0.6) is 0 Å². The highest BCUT2D eigenvalue weighted by atomic mass is 32.2. The van der Waals surface area contributed by atoms with Gasteiger partial charge < -0.3 is 5.32 Å². The molecule has 0 atom stereocenters. The van der Waals surface area contributed by atoms with Crippen LogP contribution in [0.4, 0.5) is 5.69 Å². The van der Waals surface area contributed by atoms with Crippen LogP contribution in [-0.4, -0.2) is 21.2 Å². The van der Waals surface area contributed by atoms with Gasteiger partial charge in [0.15, 0.2) is 5.16 Å². The lowest BCUT2D eigenvalue weighted by atomic mass is 10.1. The number of nitrogens with zero attached hydrogens (tertiary/aromatic N) is 3. The van der Waals surface area contributed by atoms with Crippen molar-refractivity contribution in [3.05, 3.63) is 63.9 Å². The molecule has 0 aliphatic rings. The van der Waals surface area contributed by atoms with E-state index in [-0.39, 0.29) is 17.2 Å². The molecule has 7 heteroatoms. The second kappa shape index (κ2) is 8.06. The van der Waals surface area contributed by atoms with Gasteiger partial charge in [-0.25, -0.2) is 4.98 Å². The van der Waals surface area contributed by atoms with Crippen LogP contribution in [0.1, 0.15) is 11.1 Å². The molecule has 1 N–H and O–H groups in total. The zero-order valence-electron chi connectivity index (χ0n) is 15.0. The fourth-order valence-corrected chi connectivity index (χ4v) is 3.39. The molecule has 0 spiro atoms. The van der Waals surface area contributed by atoms with E-state index in [0.717, 1.165) is 11.1 Å². The van der Waals surface area contributed by atoms with E-state index >= 15 is 0 Å². The Hall–Kier alpha value is -3.11. The minimum atomic E-state index is -0.189. The summed E-state index contributed by atoms with van der Waals surface area (Å²) in [6.45, 7) is 1.93. The molecule has 0 saturated heterocycles. The number of aromatic nitrogens is 2. The first kappa shape index (κ1) is 18.7. The highest BCUT2D eigenvalue weighted by molar-refractivity contribution is 7.99. The molecule has 0 bridgehead atoms. The van der Waals surface area contributed by atoms with E-state index in [9.17, 15) is 9.59 Å². The van der Waals surface area contributed by atoms with E-state index in [1.807, 2.05) is 37.3 Å². The monoisotopic (exact) mass is 378 g/mol. The molecule has 0 aliphatic heterocycles. The molecule has 1 amide bonds. The summed E-state index contributed by atoms with van der Waals surface area (Å²) in [6.07, 6.45) is 0.339. The molecule has 3 rings (SSSR count). The molecule has 0 fully saturated rings. The van der Waals surface area contributed by atoms with Crippen molar-refractivity contribution in [3.8, 4) is 6.07 Å². The molecule has 1 heterocycles. The topological polar surface area (TPSA) is 87.8 Å². The molecule has 27 heavy (non-hydrogen) atoms. The lowest BCUT2D eigenvalue weighted by Crippen LogP contribution is -2.21. The third kappa shape index (κ3) is 4.36. The average Bonchev–Trinajstić information content (AvgIpc) is 2.66. The molecule has 3 aromatic rings. The van der Waals surface area contributed by atoms with Crippen molar-refractivity contribution < 1.29 is 4.79 Å². The summed E-state index contributed by atoms with van der Waals surface area (Å²) in [6, 6.07) is 14.8. The summed E-state index contributed by atoms with van der Waals surface area (Å²) >= 11 is 1.22. The summed E-state index contributed by atoms with van der Waals surface area (Å²) in [4.78, 5) is 29.2. The Kier molecular flexibility index (Phi) is 5.57. The Bertz CT molecular complexity index is 1100. The maximum absolute atomic E-state index is 12.5. The third-order valence-corrected chi connectivity index (χ3v) is 5.07. The quantitative estimate of drug-likeness (QED) is 0.545. The van der Waals surface area contributed by atoms with Crippen LogP contribution in [-0.2, 0) is 18.3 Å². The van der Waals surface area contributed by atoms with Crippen LogP contribution in [0.15, 0.2) is 52.4 Å². The summed E-state index contributed by atoms with van der Waals surface area (Å²) < 4.78 is 1.47. The van der Waals surface area contributed by atoms with Crippen molar-refractivity contribution in [1.82, 2.24) is 9.55 Å². The van der Waals surface area contributed by atoms with Gasteiger partial charge in [0.1, 0.15) is 0 Å². The van der Waals surface area contributed by atoms with Gasteiger partial charge >= 0.3 is 0 Å². The number of rotatable bonds is 5. The number of anilines is 1. The van der Waals surface area contributed by atoms with Gasteiger partial charge in [0, 0.05) is 12.7 Å². The zero-order valence-corrected chi connectivity index (χ0v) is 15.8. The first-order valence-electron chi connectivity index (χ1n) is 8.34. The number of hydrogen-bond acceptors (Lipinski definition) is 5. The molecular weight excluding hydrogens is 360 g/mol. The van der Waals surface area contributed by atoms with E-state index in [4.69, 9.17) is 5.26 Å². The summed E-state index contributed by atoms with van der Waals surface area (Å²) in [5.41, 5.74) is 3.06.